The molecule has 2 rings (SSSR count). The normalized spacial score (nSPS) is 24.4. The zero-order valence-corrected chi connectivity index (χ0v) is 12.0. The van der Waals surface area contributed by atoms with Gasteiger partial charge in [0.1, 0.15) is 6.04 Å². The number of sulfonamides is 1. The molecule has 2 atom stereocenters. The number of carbonyl (C=O) groups is 1. The molecule has 1 fully saturated rings. The summed E-state index contributed by atoms with van der Waals surface area (Å²) in [6.07, 6.45) is 1.38. The summed E-state index contributed by atoms with van der Waals surface area (Å²) in [5.74, 6) is -1.30. The Bertz CT molecular complexity index is 597. The fourth-order valence-corrected chi connectivity index (χ4v) is 4.28. The molecule has 0 aromatic heterocycles. The predicted molar refractivity (Wildman–Crippen MR) is 74.6 cm³/mol. The van der Waals surface area contributed by atoms with E-state index >= 15 is 0 Å². The highest BCUT2D eigenvalue weighted by Gasteiger charge is 2.41. The number of hydrogen-bond acceptors (Lipinski definition) is 4. The van der Waals surface area contributed by atoms with E-state index in [4.69, 9.17) is 5.73 Å². The fraction of sp³-hybridized carbons (Fsp3) is 0.462. The zero-order valence-electron chi connectivity index (χ0n) is 11.2. The Hall–Kier alpha value is -1.60. The van der Waals surface area contributed by atoms with E-state index in [1.165, 1.54) is 24.3 Å². The van der Waals surface area contributed by atoms with Crippen LogP contribution in [0.25, 0.3) is 0 Å². The van der Waals surface area contributed by atoms with Gasteiger partial charge >= 0.3 is 5.97 Å². The van der Waals surface area contributed by atoms with Crippen molar-refractivity contribution in [3.63, 3.8) is 0 Å². The van der Waals surface area contributed by atoms with E-state index in [1.807, 2.05) is 0 Å². The predicted octanol–water partition coefficient (Wildman–Crippen LogP) is 1.14. The number of aliphatic carboxylic acids is 1. The van der Waals surface area contributed by atoms with Gasteiger partial charge in [0.15, 0.2) is 0 Å². The summed E-state index contributed by atoms with van der Waals surface area (Å²) in [6, 6.07) is 4.80. The molecule has 20 heavy (non-hydrogen) atoms. The lowest BCUT2D eigenvalue weighted by Crippen LogP contribution is -2.51. The van der Waals surface area contributed by atoms with Crippen molar-refractivity contribution in [1.82, 2.24) is 4.31 Å². The van der Waals surface area contributed by atoms with E-state index in [0.29, 0.717) is 18.5 Å². The number of anilines is 1. The molecule has 6 nitrogen and oxygen atoms in total. The van der Waals surface area contributed by atoms with Gasteiger partial charge in [0, 0.05) is 12.2 Å². The van der Waals surface area contributed by atoms with Crippen LogP contribution in [0.2, 0.25) is 0 Å². The first-order valence-electron chi connectivity index (χ1n) is 6.44. The Labute approximate surface area is 118 Å². The summed E-state index contributed by atoms with van der Waals surface area (Å²) in [5, 5.41) is 9.31. The van der Waals surface area contributed by atoms with Gasteiger partial charge in [-0.25, -0.2) is 8.42 Å². The average Bonchev–Trinajstić information content (AvgIpc) is 2.38. The third kappa shape index (κ3) is 2.64. The molecule has 0 radical (unpaired) electrons. The number of rotatable bonds is 3. The number of nitrogens with two attached hydrogens (primary N) is 1. The van der Waals surface area contributed by atoms with Gasteiger partial charge in [-0.1, -0.05) is 6.92 Å². The second-order valence-electron chi connectivity index (χ2n) is 5.09. The average molecular weight is 298 g/mol. The van der Waals surface area contributed by atoms with Crippen molar-refractivity contribution in [2.75, 3.05) is 12.3 Å². The van der Waals surface area contributed by atoms with Crippen LogP contribution >= 0.6 is 0 Å². The van der Waals surface area contributed by atoms with E-state index < -0.39 is 22.0 Å². The minimum absolute atomic E-state index is 0.0760. The lowest BCUT2D eigenvalue weighted by Gasteiger charge is -2.36. The molecular formula is C13H18N2O4S. The van der Waals surface area contributed by atoms with Crippen LogP contribution in [0.5, 0.6) is 0 Å². The molecule has 1 heterocycles. The van der Waals surface area contributed by atoms with Crippen molar-refractivity contribution in [3.05, 3.63) is 24.3 Å². The van der Waals surface area contributed by atoms with E-state index in [0.717, 1.165) is 4.31 Å². The van der Waals surface area contributed by atoms with Crippen molar-refractivity contribution >= 4 is 21.7 Å². The molecular weight excluding hydrogens is 280 g/mol. The number of nitrogens with zero attached hydrogens (tertiary/aromatic N) is 1. The molecule has 3 N–H and O–H groups in total. The fourth-order valence-electron chi connectivity index (χ4n) is 2.56. The second kappa shape index (κ2) is 5.41. The Morgan fingerprint density at radius 1 is 1.35 bits per heavy atom. The Morgan fingerprint density at radius 3 is 2.50 bits per heavy atom. The molecule has 1 saturated heterocycles. The number of carboxylic acid groups (broad SMARTS) is 1. The molecule has 1 aromatic carbocycles. The van der Waals surface area contributed by atoms with Crippen LogP contribution < -0.4 is 5.73 Å². The summed E-state index contributed by atoms with van der Waals surface area (Å²) in [6.45, 7) is 2.00. The van der Waals surface area contributed by atoms with Gasteiger partial charge < -0.3 is 10.8 Å². The second-order valence-corrected chi connectivity index (χ2v) is 6.98. The lowest BCUT2D eigenvalue weighted by atomic mass is 9.93. The molecule has 7 heteroatoms. The third-order valence-corrected chi connectivity index (χ3v) is 5.52. The minimum atomic E-state index is -3.81. The van der Waals surface area contributed by atoms with Gasteiger partial charge in [-0.2, -0.15) is 4.31 Å². The largest absolute Gasteiger partial charge is 0.480 e. The maximum atomic E-state index is 12.6. The van der Waals surface area contributed by atoms with Gasteiger partial charge in [-0.05, 0) is 43.0 Å². The van der Waals surface area contributed by atoms with Crippen molar-refractivity contribution in [2.45, 2.75) is 30.7 Å². The summed E-state index contributed by atoms with van der Waals surface area (Å²) < 4.78 is 26.3. The zero-order chi connectivity index (χ0) is 14.9. The number of carboxylic acids is 1. The highest BCUT2D eigenvalue weighted by atomic mass is 32.2. The molecule has 0 bridgehead atoms. The molecule has 0 saturated carbocycles. The molecule has 1 aromatic rings. The molecule has 1 aliphatic heterocycles. The van der Waals surface area contributed by atoms with Crippen molar-refractivity contribution in [1.29, 1.82) is 0 Å². The van der Waals surface area contributed by atoms with Gasteiger partial charge in [0.05, 0.1) is 4.90 Å². The first kappa shape index (κ1) is 14.8. The van der Waals surface area contributed by atoms with Crippen LogP contribution in [0.3, 0.4) is 0 Å². The van der Waals surface area contributed by atoms with Crippen LogP contribution in [-0.2, 0) is 14.8 Å². The molecule has 1 aliphatic rings. The van der Waals surface area contributed by atoms with E-state index in [-0.39, 0.29) is 17.4 Å². The summed E-state index contributed by atoms with van der Waals surface area (Å²) >= 11 is 0. The van der Waals surface area contributed by atoms with Gasteiger partial charge in [-0.15, -0.1) is 0 Å². The van der Waals surface area contributed by atoms with Crippen molar-refractivity contribution < 1.29 is 18.3 Å². The van der Waals surface area contributed by atoms with E-state index in [2.05, 4.69) is 0 Å². The number of benzene rings is 1. The summed E-state index contributed by atoms with van der Waals surface area (Å²) in [7, 11) is -3.81. The first-order valence-corrected chi connectivity index (χ1v) is 7.88. The quantitative estimate of drug-likeness (QED) is 0.815. The van der Waals surface area contributed by atoms with Crippen LogP contribution in [0.15, 0.2) is 29.2 Å². The smallest absolute Gasteiger partial charge is 0.322 e. The molecule has 0 amide bonds. The standard InChI is InChI=1S/C13H18N2O4S/c1-9-3-2-8-15(12(9)13(16)17)20(18,19)11-6-4-10(14)5-7-11/h4-7,9,12H,2-3,8,14H2,1H3,(H,16,17). The van der Waals surface area contributed by atoms with Crippen LogP contribution in [0.1, 0.15) is 19.8 Å². The van der Waals surface area contributed by atoms with Crippen molar-refractivity contribution in [2.24, 2.45) is 5.92 Å². The SMILES string of the molecule is CC1CCCN(S(=O)(=O)c2ccc(N)cc2)C1C(=O)O. The summed E-state index contributed by atoms with van der Waals surface area (Å²) in [4.78, 5) is 11.5. The number of nitrogen functional groups attached to an aromatic ring is 1. The van der Waals surface area contributed by atoms with Gasteiger partial charge in [-0.3, -0.25) is 4.79 Å². The Morgan fingerprint density at radius 2 is 1.95 bits per heavy atom. The van der Waals surface area contributed by atoms with Crippen LogP contribution in [-0.4, -0.2) is 36.4 Å². The third-order valence-electron chi connectivity index (χ3n) is 3.63. The number of piperidine rings is 1. The number of hydrogen-bond donors (Lipinski definition) is 2. The first-order chi connectivity index (χ1) is 9.34. The molecule has 0 aliphatic carbocycles. The van der Waals surface area contributed by atoms with Gasteiger partial charge in [0.2, 0.25) is 10.0 Å². The lowest BCUT2D eigenvalue weighted by molar-refractivity contribution is -0.144. The van der Waals surface area contributed by atoms with Crippen LogP contribution in [0, 0.1) is 5.92 Å². The van der Waals surface area contributed by atoms with E-state index in [1.54, 1.807) is 6.92 Å². The highest BCUT2D eigenvalue weighted by molar-refractivity contribution is 7.89. The van der Waals surface area contributed by atoms with Gasteiger partial charge in [0.25, 0.3) is 0 Å². The summed E-state index contributed by atoms with van der Waals surface area (Å²) in [5.41, 5.74) is 6.01. The Kier molecular flexibility index (Phi) is 4.01. The van der Waals surface area contributed by atoms with E-state index in [9.17, 15) is 18.3 Å². The topological polar surface area (TPSA) is 101 Å². The monoisotopic (exact) mass is 298 g/mol. The maximum absolute atomic E-state index is 12.6. The van der Waals surface area contributed by atoms with Crippen LogP contribution in [0.4, 0.5) is 5.69 Å². The highest BCUT2D eigenvalue weighted by Crippen LogP contribution is 2.29. The molecule has 0 spiro atoms. The minimum Gasteiger partial charge on any atom is -0.480 e. The Balaban J connectivity index is 2.41. The molecule has 2 unspecified atom stereocenters. The molecule has 110 valence electrons. The van der Waals surface area contributed by atoms with Crippen molar-refractivity contribution in [3.8, 4) is 0 Å². The maximum Gasteiger partial charge on any atom is 0.322 e.